The molecule has 0 spiro atoms. The molecule has 2 nitrogen and oxygen atoms in total. The predicted molar refractivity (Wildman–Crippen MR) is 65.1 cm³/mol. The van der Waals surface area contributed by atoms with Gasteiger partial charge in [-0.3, -0.25) is 4.79 Å². The normalized spacial score (nSPS) is 23.5. The van der Waals surface area contributed by atoms with Crippen molar-refractivity contribution in [3.63, 3.8) is 0 Å². The van der Waals surface area contributed by atoms with E-state index >= 15 is 0 Å². The Morgan fingerprint density at radius 1 is 1.33 bits per heavy atom. The molecule has 0 saturated carbocycles. The first-order valence-electron chi connectivity index (χ1n) is 6.22. The fraction of sp³-hybridized carbons (Fsp3) is 0.500. The zero-order valence-electron chi connectivity index (χ0n) is 10.5. The fourth-order valence-corrected chi connectivity index (χ4v) is 2.61. The lowest BCUT2D eigenvalue weighted by atomic mass is 9.87. The second-order valence-corrected chi connectivity index (χ2v) is 5.25. The molecule has 2 rings (SSSR count). The Kier molecular flexibility index (Phi) is 3.64. The Morgan fingerprint density at radius 2 is 1.94 bits per heavy atom. The molecule has 0 bridgehead atoms. The van der Waals surface area contributed by atoms with E-state index in [2.05, 4.69) is 5.32 Å². The van der Waals surface area contributed by atoms with Gasteiger partial charge in [-0.2, -0.15) is 0 Å². The molecule has 0 radical (unpaired) electrons. The highest BCUT2D eigenvalue weighted by atomic mass is 19.1. The van der Waals surface area contributed by atoms with Crippen LogP contribution >= 0.6 is 0 Å². The Bertz CT molecular complexity index is 439. The first-order valence-corrected chi connectivity index (χ1v) is 6.22. The van der Waals surface area contributed by atoms with Gasteiger partial charge in [-0.15, -0.1) is 0 Å². The summed E-state index contributed by atoms with van der Waals surface area (Å²) in [7, 11) is 0. The summed E-state index contributed by atoms with van der Waals surface area (Å²) in [6.07, 6.45) is 0.888. The number of carbonyl (C=O) groups is 1. The Labute approximate surface area is 105 Å². The molecule has 1 saturated heterocycles. The lowest BCUT2D eigenvalue weighted by Gasteiger charge is -2.21. The molecule has 0 aromatic heterocycles. The second kappa shape index (κ2) is 5.04. The van der Waals surface area contributed by atoms with Gasteiger partial charge in [0.1, 0.15) is 11.6 Å². The zero-order valence-corrected chi connectivity index (χ0v) is 10.5. The summed E-state index contributed by atoms with van der Waals surface area (Å²) in [6.45, 7) is 4.05. The summed E-state index contributed by atoms with van der Waals surface area (Å²) in [6, 6.07) is 3.65. The van der Waals surface area contributed by atoms with Gasteiger partial charge in [0, 0.05) is 23.9 Å². The molecule has 2 atom stereocenters. The number of hydrogen-bond donors (Lipinski definition) is 1. The number of nitrogens with one attached hydrogen (secondary N) is 1. The molecule has 18 heavy (non-hydrogen) atoms. The SMILES string of the molecule is CC(C)CC1NC(=O)CC1c1c(F)cccc1F. The molecule has 1 aliphatic rings. The van der Waals surface area contributed by atoms with Gasteiger partial charge in [-0.25, -0.2) is 8.78 Å². The third kappa shape index (κ3) is 2.52. The summed E-state index contributed by atoms with van der Waals surface area (Å²) < 4.78 is 27.5. The minimum atomic E-state index is -0.565. The van der Waals surface area contributed by atoms with Gasteiger partial charge in [0.25, 0.3) is 0 Å². The van der Waals surface area contributed by atoms with Crippen LogP contribution in [0.15, 0.2) is 18.2 Å². The van der Waals surface area contributed by atoms with Crippen LogP contribution in [0.5, 0.6) is 0 Å². The maximum Gasteiger partial charge on any atom is 0.220 e. The fourth-order valence-electron chi connectivity index (χ4n) is 2.61. The average molecular weight is 253 g/mol. The number of hydrogen-bond acceptors (Lipinski definition) is 1. The molecule has 0 aliphatic carbocycles. The van der Waals surface area contributed by atoms with Crippen molar-refractivity contribution < 1.29 is 13.6 Å². The monoisotopic (exact) mass is 253 g/mol. The molecule has 98 valence electrons. The van der Waals surface area contributed by atoms with Crippen molar-refractivity contribution in [2.45, 2.75) is 38.6 Å². The van der Waals surface area contributed by atoms with Gasteiger partial charge in [0.05, 0.1) is 0 Å². The van der Waals surface area contributed by atoms with Gasteiger partial charge in [0.15, 0.2) is 0 Å². The molecule has 1 heterocycles. The lowest BCUT2D eigenvalue weighted by molar-refractivity contribution is -0.119. The van der Waals surface area contributed by atoms with Crippen LogP contribution in [0.1, 0.15) is 38.2 Å². The van der Waals surface area contributed by atoms with E-state index in [-0.39, 0.29) is 23.9 Å². The van der Waals surface area contributed by atoms with E-state index in [1.54, 1.807) is 0 Å². The molecule has 1 aromatic carbocycles. The summed E-state index contributed by atoms with van der Waals surface area (Å²) in [5.41, 5.74) is 0.0431. The second-order valence-electron chi connectivity index (χ2n) is 5.25. The highest BCUT2D eigenvalue weighted by Gasteiger charge is 2.36. The average Bonchev–Trinajstić information content (AvgIpc) is 2.58. The maximum absolute atomic E-state index is 13.8. The zero-order chi connectivity index (χ0) is 13.3. The van der Waals surface area contributed by atoms with E-state index in [0.29, 0.717) is 5.92 Å². The Balaban J connectivity index is 2.32. The van der Waals surface area contributed by atoms with Crippen molar-refractivity contribution in [1.29, 1.82) is 0 Å². The molecule has 1 aliphatic heterocycles. The summed E-state index contributed by atoms with van der Waals surface area (Å²) in [5, 5.41) is 2.82. The highest BCUT2D eigenvalue weighted by molar-refractivity contribution is 5.80. The van der Waals surface area contributed by atoms with Crippen molar-refractivity contribution >= 4 is 5.91 Å². The lowest BCUT2D eigenvalue weighted by Crippen LogP contribution is -2.30. The van der Waals surface area contributed by atoms with E-state index < -0.39 is 17.6 Å². The third-order valence-electron chi connectivity index (χ3n) is 3.33. The van der Waals surface area contributed by atoms with Crippen LogP contribution < -0.4 is 5.32 Å². The number of amides is 1. The summed E-state index contributed by atoms with van der Waals surface area (Å²) >= 11 is 0. The molecule has 4 heteroatoms. The topological polar surface area (TPSA) is 29.1 Å². The quantitative estimate of drug-likeness (QED) is 0.881. The molecule has 1 fully saturated rings. The van der Waals surface area contributed by atoms with E-state index in [1.165, 1.54) is 18.2 Å². The van der Waals surface area contributed by atoms with Gasteiger partial charge in [-0.05, 0) is 24.5 Å². The van der Waals surface area contributed by atoms with Gasteiger partial charge in [0.2, 0.25) is 5.91 Å². The van der Waals surface area contributed by atoms with Crippen LogP contribution in [0.3, 0.4) is 0 Å². The van der Waals surface area contributed by atoms with E-state index in [0.717, 1.165) is 6.42 Å². The number of carbonyl (C=O) groups excluding carboxylic acids is 1. The minimum Gasteiger partial charge on any atom is -0.353 e. The molecule has 1 aromatic rings. The standard InChI is InChI=1S/C14H17F2NO/c1-8(2)6-12-9(7-13(18)17-12)14-10(15)4-3-5-11(14)16/h3-5,8-9,12H,6-7H2,1-2H3,(H,17,18). The first-order chi connectivity index (χ1) is 8.49. The Morgan fingerprint density at radius 3 is 2.50 bits per heavy atom. The minimum absolute atomic E-state index is 0.0431. The summed E-state index contributed by atoms with van der Waals surface area (Å²) in [5.74, 6) is -1.30. The van der Waals surface area contributed by atoms with Crippen molar-refractivity contribution in [2.75, 3.05) is 0 Å². The van der Waals surface area contributed by atoms with Crippen LogP contribution in [0.2, 0.25) is 0 Å². The van der Waals surface area contributed by atoms with Crippen molar-refractivity contribution in [2.24, 2.45) is 5.92 Å². The van der Waals surface area contributed by atoms with E-state index in [1.807, 2.05) is 13.8 Å². The number of rotatable bonds is 3. The predicted octanol–water partition coefficient (Wildman–Crippen LogP) is 2.98. The molecular formula is C14H17F2NO. The van der Waals surface area contributed by atoms with E-state index in [9.17, 15) is 13.6 Å². The smallest absolute Gasteiger partial charge is 0.220 e. The maximum atomic E-state index is 13.8. The van der Waals surface area contributed by atoms with Crippen molar-refractivity contribution in [3.8, 4) is 0 Å². The molecule has 2 unspecified atom stereocenters. The van der Waals surface area contributed by atoms with E-state index in [4.69, 9.17) is 0 Å². The van der Waals surface area contributed by atoms with Crippen LogP contribution in [0, 0.1) is 17.6 Å². The van der Waals surface area contributed by atoms with Gasteiger partial charge < -0.3 is 5.32 Å². The van der Waals surface area contributed by atoms with Gasteiger partial charge in [-0.1, -0.05) is 19.9 Å². The third-order valence-corrected chi connectivity index (χ3v) is 3.33. The number of halogens is 2. The van der Waals surface area contributed by atoms with Gasteiger partial charge >= 0.3 is 0 Å². The summed E-state index contributed by atoms with van der Waals surface area (Å²) in [4.78, 5) is 11.5. The molecule has 1 N–H and O–H groups in total. The van der Waals surface area contributed by atoms with Crippen LogP contribution in [0.4, 0.5) is 8.78 Å². The van der Waals surface area contributed by atoms with Crippen molar-refractivity contribution in [1.82, 2.24) is 5.32 Å². The van der Waals surface area contributed by atoms with Crippen molar-refractivity contribution in [3.05, 3.63) is 35.4 Å². The highest BCUT2D eigenvalue weighted by Crippen LogP contribution is 2.34. The first kappa shape index (κ1) is 13.0. The van der Waals surface area contributed by atoms with Crippen LogP contribution in [-0.2, 0) is 4.79 Å². The number of benzene rings is 1. The molecule has 1 amide bonds. The van der Waals surface area contributed by atoms with Crippen LogP contribution in [-0.4, -0.2) is 11.9 Å². The largest absolute Gasteiger partial charge is 0.353 e. The van der Waals surface area contributed by atoms with Crippen LogP contribution in [0.25, 0.3) is 0 Å². The molecular weight excluding hydrogens is 236 g/mol. The Hall–Kier alpha value is -1.45.